The molecular formula is C26H40F2N2O7. The van der Waals surface area contributed by atoms with E-state index in [0.717, 1.165) is 0 Å². The minimum absolute atomic E-state index is 0.0254. The van der Waals surface area contributed by atoms with E-state index in [0.29, 0.717) is 12.8 Å². The number of halogens is 2. The molecular weight excluding hydrogens is 490 g/mol. The van der Waals surface area contributed by atoms with E-state index in [1.807, 2.05) is 0 Å². The van der Waals surface area contributed by atoms with Crippen LogP contribution in [0.25, 0.3) is 0 Å². The molecule has 0 bridgehead atoms. The molecule has 11 heteroatoms. The first-order valence-corrected chi connectivity index (χ1v) is 13.2. The van der Waals surface area contributed by atoms with Crippen LogP contribution < -0.4 is 5.32 Å². The van der Waals surface area contributed by atoms with Crippen molar-refractivity contribution in [1.29, 1.82) is 0 Å². The maximum absolute atomic E-state index is 14.8. The normalized spacial score (nSPS) is 32.8. The number of rotatable bonds is 4. The molecule has 0 unspecified atom stereocenters. The molecule has 2 saturated heterocycles. The first kappa shape index (κ1) is 29.3. The molecule has 1 aliphatic carbocycles. The smallest absolute Gasteiger partial charge is 0.332 e. The Morgan fingerprint density at radius 3 is 2.51 bits per heavy atom. The zero-order chi connectivity index (χ0) is 27.6. The Morgan fingerprint density at radius 1 is 1.16 bits per heavy atom. The standard InChI is InChI=1S/C26H40F2N2O7/c1-5-36-23(35)26-14-17(26)13-25(27,28)10-8-6-7-9-16(11-20(32)37-24(2,3)4)22(34)30-15-18(31)12-19(30)21(33)29-26/h16-19,31H,5-15H2,1-4H3,(H,29,33)/t16-,17-,18+,19+,26-/m1/s1. The van der Waals surface area contributed by atoms with Crippen molar-refractivity contribution >= 4 is 23.8 Å². The number of esters is 2. The lowest BCUT2D eigenvalue weighted by molar-refractivity contribution is -0.159. The third-order valence-electron chi connectivity index (χ3n) is 7.28. The number of alkyl halides is 2. The topological polar surface area (TPSA) is 122 Å². The van der Waals surface area contributed by atoms with E-state index in [9.17, 15) is 33.1 Å². The Bertz CT molecular complexity index is 891. The van der Waals surface area contributed by atoms with E-state index in [1.54, 1.807) is 27.7 Å². The number of carbonyl (C=O) groups excluding carboxylic acids is 4. The second kappa shape index (κ2) is 11.2. The summed E-state index contributed by atoms with van der Waals surface area (Å²) in [5.74, 6) is -7.15. The number of nitrogens with one attached hydrogen (secondary N) is 1. The third kappa shape index (κ3) is 7.39. The van der Waals surface area contributed by atoms with Crippen LogP contribution in [0.1, 0.15) is 85.5 Å². The molecule has 9 nitrogen and oxygen atoms in total. The summed E-state index contributed by atoms with van der Waals surface area (Å²) in [5, 5.41) is 12.9. The average Bonchev–Trinajstić information content (AvgIpc) is 3.28. The van der Waals surface area contributed by atoms with Crippen molar-refractivity contribution < 1.29 is 42.5 Å². The molecule has 0 spiro atoms. The number of hydrogen-bond donors (Lipinski definition) is 2. The molecule has 2 aliphatic heterocycles. The van der Waals surface area contributed by atoms with Crippen molar-refractivity contribution in [3.63, 3.8) is 0 Å². The molecule has 0 radical (unpaired) electrons. The van der Waals surface area contributed by atoms with E-state index < -0.39 is 71.2 Å². The van der Waals surface area contributed by atoms with E-state index in [-0.39, 0.29) is 51.7 Å². The molecule has 2 heterocycles. The van der Waals surface area contributed by atoms with E-state index in [1.165, 1.54) is 4.90 Å². The largest absolute Gasteiger partial charge is 0.464 e. The van der Waals surface area contributed by atoms with Crippen LogP contribution in [0.15, 0.2) is 0 Å². The zero-order valence-corrected chi connectivity index (χ0v) is 22.2. The Hall–Kier alpha value is -2.30. The van der Waals surface area contributed by atoms with Gasteiger partial charge in [0, 0.05) is 37.6 Å². The lowest BCUT2D eigenvalue weighted by atomic mass is 9.94. The number of aliphatic hydroxyl groups is 1. The Morgan fingerprint density at radius 2 is 1.86 bits per heavy atom. The van der Waals surface area contributed by atoms with Gasteiger partial charge in [0.15, 0.2) is 0 Å². The number of amides is 2. The fourth-order valence-electron chi connectivity index (χ4n) is 5.44. The van der Waals surface area contributed by atoms with Crippen LogP contribution in [-0.2, 0) is 28.7 Å². The van der Waals surface area contributed by atoms with Crippen molar-refractivity contribution in [1.82, 2.24) is 10.2 Å². The van der Waals surface area contributed by atoms with Crippen molar-refractivity contribution in [3.05, 3.63) is 0 Å². The molecule has 2 N–H and O–H groups in total. The molecule has 0 aromatic carbocycles. The highest BCUT2D eigenvalue weighted by Gasteiger charge is 2.65. The predicted octanol–water partition coefficient (Wildman–Crippen LogP) is 2.72. The van der Waals surface area contributed by atoms with Gasteiger partial charge in [-0.2, -0.15) is 0 Å². The van der Waals surface area contributed by atoms with Gasteiger partial charge in [0.05, 0.1) is 19.1 Å². The van der Waals surface area contributed by atoms with Crippen molar-refractivity contribution in [2.75, 3.05) is 13.2 Å². The van der Waals surface area contributed by atoms with Crippen molar-refractivity contribution in [3.8, 4) is 0 Å². The summed E-state index contributed by atoms with van der Waals surface area (Å²) >= 11 is 0. The summed E-state index contributed by atoms with van der Waals surface area (Å²) in [6, 6.07) is -1.10. The van der Waals surface area contributed by atoms with Crippen LogP contribution in [0.5, 0.6) is 0 Å². The van der Waals surface area contributed by atoms with Gasteiger partial charge >= 0.3 is 11.9 Å². The summed E-state index contributed by atoms with van der Waals surface area (Å²) in [6.45, 7) is 6.66. The SMILES string of the molecule is CCOC(=O)[C@@]12C[C@H]1CC(F)(F)CCCCC[C@H](CC(=O)OC(C)(C)C)C(=O)N1C[C@@H](O)C[C@H]1C(=O)N2. The van der Waals surface area contributed by atoms with Gasteiger partial charge in [-0.25, -0.2) is 13.6 Å². The molecule has 2 amide bonds. The second-order valence-electron chi connectivity index (χ2n) is 11.6. The number of hydrogen-bond acceptors (Lipinski definition) is 7. The van der Waals surface area contributed by atoms with Crippen molar-refractivity contribution in [2.24, 2.45) is 11.8 Å². The Kier molecular flexibility index (Phi) is 8.86. The first-order chi connectivity index (χ1) is 17.2. The van der Waals surface area contributed by atoms with E-state index in [2.05, 4.69) is 5.32 Å². The molecule has 3 aliphatic rings. The van der Waals surface area contributed by atoms with Crippen LogP contribution in [-0.4, -0.2) is 76.1 Å². The van der Waals surface area contributed by atoms with Crippen LogP contribution in [0.2, 0.25) is 0 Å². The van der Waals surface area contributed by atoms with Gasteiger partial charge in [-0.3, -0.25) is 14.4 Å². The van der Waals surface area contributed by atoms with Crippen LogP contribution >= 0.6 is 0 Å². The quantitative estimate of drug-likeness (QED) is 0.536. The number of carbonyl (C=O) groups is 4. The molecule has 3 rings (SSSR count). The lowest BCUT2D eigenvalue weighted by Crippen LogP contribution is -2.54. The minimum Gasteiger partial charge on any atom is -0.464 e. The fourth-order valence-corrected chi connectivity index (χ4v) is 5.44. The monoisotopic (exact) mass is 530 g/mol. The highest BCUT2D eigenvalue weighted by atomic mass is 19.3. The predicted molar refractivity (Wildman–Crippen MR) is 128 cm³/mol. The number of nitrogens with zero attached hydrogens (tertiary/aromatic N) is 1. The van der Waals surface area contributed by atoms with Crippen LogP contribution in [0.4, 0.5) is 8.78 Å². The number of ether oxygens (including phenoxy) is 2. The molecule has 0 aromatic heterocycles. The van der Waals surface area contributed by atoms with E-state index in [4.69, 9.17) is 9.47 Å². The number of aliphatic hydroxyl groups excluding tert-OH is 1. The van der Waals surface area contributed by atoms with Gasteiger partial charge in [-0.15, -0.1) is 0 Å². The Labute approximate surface area is 216 Å². The summed E-state index contributed by atoms with van der Waals surface area (Å²) in [6.07, 6.45) is -0.791. The second-order valence-corrected chi connectivity index (χ2v) is 11.6. The third-order valence-corrected chi connectivity index (χ3v) is 7.28. The molecule has 37 heavy (non-hydrogen) atoms. The summed E-state index contributed by atoms with van der Waals surface area (Å²) in [7, 11) is 0. The molecule has 0 aromatic rings. The summed E-state index contributed by atoms with van der Waals surface area (Å²) < 4.78 is 40.0. The van der Waals surface area contributed by atoms with Gasteiger partial charge in [0.2, 0.25) is 17.7 Å². The zero-order valence-electron chi connectivity index (χ0n) is 22.2. The van der Waals surface area contributed by atoms with Gasteiger partial charge < -0.3 is 24.8 Å². The van der Waals surface area contributed by atoms with Gasteiger partial charge in [-0.1, -0.05) is 12.8 Å². The lowest BCUT2D eigenvalue weighted by Gasteiger charge is -2.30. The van der Waals surface area contributed by atoms with Gasteiger partial charge in [0.1, 0.15) is 17.2 Å². The van der Waals surface area contributed by atoms with Gasteiger partial charge in [0.25, 0.3) is 0 Å². The molecule has 210 valence electrons. The summed E-state index contributed by atoms with van der Waals surface area (Å²) in [4.78, 5) is 53.5. The van der Waals surface area contributed by atoms with Gasteiger partial charge in [-0.05, 0) is 47.0 Å². The summed E-state index contributed by atoms with van der Waals surface area (Å²) in [5.41, 5.74) is -2.32. The number of fused-ring (bicyclic) bond motifs is 2. The average molecular weight is 531 g/mol. The maximum Gasteiger partial charge on any atom is 0.332 e. The molecule has 5 atom stereocenters. The van der Waals surface area contributed by atoms with Crippen molar-refractivity contribution in [2.45, 2.75) is 115 Å². The highest BCUT2D eigenvalue weighted by molar-refractivity contribution is 5.95. The van der Waals surface area contributed by atoms with Crippen LogP contribution in [0.3, 0.4) is 0 Å². The molecule has 3 fully saturated rings. The fraction of sp³-hybridized carbons (Fsp3) is 0.846. The molecule has 1 saturated carbocycles. The highest BCUT2D eigenvalue weighted by Crippen LogP contribution is 2.51. The maximum atomic E-state index is 14.8. The van der Waals surface area contributed by atoms with E-state index >= 15 is 0 Å². The minimum atomic E-state index is -3.02. The Balaban J connectivity index is 1.88. The first-order valence-electron chi connectivity index (χ1n) is 13.2. The van der Waals surface area contributed by atoms with Crippen LogP contribution in [0, 0.1) is 11.8 Å².